The van der Waals surface area contributed by atoms with Crippen LogP contribution in [0, 0.1) is 0 Å². The Bertz CT molecular complexity index is 1770. The van der Waals surface area contributed by atoms with Gasteiger partial charge in [-0.1, -0.05) is 54.6 Å². The highest BCUT2D eigenvalue weighted by molar-refractivity contribution is 5.84. The van der Waals surface area contributed by atoms with Crippen molar-refractivity contribution in [2.75, 3.05) is 27.4 Å². The lowest BCUT2D eigenvalue weighted by Crippen LogP contribution is -2.41. The Morgan fingerprint density at radius 2 is 1.43 bits per heavy atom. The van der Waals surface area contributed by atoms with E-state index in [1.807, 2.05) is 78.9 Å². The van der Waals surface area contributed by atoms with E-state index in [4.69, 9.17) is 23.7 Å². The Hall–Kier alpha value is -4.88. The summed E-state index contributed by atoms with van der Waals surface area (Å²) in [7, 11) is 3.17. The smallest absolute Gasteiger partial charge is 0.330 e. The Balaban J connectivity index is 1.49. The van der Waals surface area contributed by atoms with Crippen molar-refractivity contribution in [3.8, 4) is 11.5 Å². The first-order valence-corrected chi connectivity index (χ1v) is 15.9. The van der Waals surface area contributed by atoms with E-state index in [1.165, 1.54) is 13.1 Å². The number of aromatic nitrogens is 2. The summed E-state index contributed by atoms with van der Waals surface area (Å²) in [5.74, 6) is 1.05. The van der Waals surface area contributed by atoms with E-state index >= 15 is 0 Å². The second kappa shape index (κ2) is 16.0. The number of H-pyrrole nitrogens is 1. The minimum Gasteiger partial charge on any atom is -0.497 e. The molecule has 4 atom stereocenters. The molecule has 0 saturated carbocycles. The summed E-state index contributed by atoms with van der Waals surface area (Å²) >= 11 is 0. The van der Waals surface area contributed by atoms with E-state index in [0.29, 0.717) is 11.5 Å². The summed E-state index contributed by atoms with van der Waals surface area (Å²) in [5, 5.41) is 11.6. The molecule has 0 bridgehead atoms. The molecule has 2 heterocycles. The number of hydrogen-bond acceptors (Lipinski definition) is 10. The molecule has 258 valence electrons. The number of Topliss-reactive ketones (excluding diaryl/α,β-unsaturated/α-hetero) is 2. The maximum absolute atomic E-state index is 12.8. The fourth-order valence-corrected chi connectivity index (χ4v) is 5.92. The summed E-state index contributed by atoms with van der Waals surface area (Å²) in [4.78, 5) is 50.5. The molecule has 1 aliphatic rings. The van der Waals surface area contributed by atoms with Crippen molar-refractivity contribution in [3.63, 3.8) is 0 Å². The molecule has 1 saturated heterocycles. The minimum absolute atomic E-state index is 0.00301. The number of hydrogen-bond donors (Lipinski definition) is 2. The second-order valence-corrected chi connectivity index (χ2v) is 11.7. The molecule has 0 amide bonds. The van der Waals surface area contributed by atoms with Gasteiger partial charge in [-0.3, -0.25) is 19.1 Å². The number of aliphatic hydroxyl groups excluding tert-OH is 1. The highest BCUT2D eigenvalue weighted by Crippen LogP contribution is 2.43. The van der Waals surface area contributed by atoms with Crippen LogP contribution in [0.1, 0.15) is 49.1 Å². The maximum atomic E-state index is 12.8. The number of carbonyl (C=O) groups excluding carboxylic acids is 2. The van der Waals surface area contributed by atoms with Crippen LogP contribution in [0.5, 0.6) is 11.5 Å². The van der Waals surface area contributed by atoms with Gasteiger partial charge in [0.2, 0.25) is 0 Å². The number of ketones is 2. The van der Waals surface area contributed by atoms with Gasteiger partial charge in [-0.25, -0.2) is 4.79 Å². The maximum Gasteiger partial charge on any atom is 0.330 e. The highest BCUT2D eigenvalue weighted by Gasteiger charge is 2.48. The number of carbonyl (C=O) groups is 2. The first-order valence-electron chi connectivity index (χ1n) is 15.9. The number of benzene rings is 3. The quantitative estimate of drug-likeness (QED) is 0.169. The Kier molecular flexibility index (Phi) is 11.6. The van der Waals surface area contributed by atoms with Gasteiger partial charge in [0, 0.05) is 31.5 Å². The van der Waals surface area contributed by atoms with E-state index in [9.17, 15) is 24.3 Å². The third-order valence-electron chi connectivity index (χ3n) is 8.52. The van der Waals surface area contributed by atoms with Gasteiger partial charge >= 0.3 is 5.69 Å². The van der Waals surface area contributed by atoms with E-state index < -0.39 is 41.4 Å². The molecular formula is C37H40N2O10. The minimum atomic E-state index is -1.31. The van der Waals surface area contributed by atoms with Crippen molar-refractivity contribution in [2.24, 2.45) is 0 Å². The van der Waals surface area contributed by atoms with Crippen molar-refractivity contribution in [3.05, 3.63) is 129 Å². The molecule has 1 fully saturated rings. The zero-order valence-electron chi connectivity index (χ0n) is 27.6. The average Bonchev–Trinajstić information content (AvgIpc) is 3.42. The SMILES string of the molecule is COc1ccc(C(OC[C@H]2O[C@@H](n3ccc(=O)[nH]c3=O)[C@H](OCCC(=O)CCC(C)=O)[C@@H]2O)(c2ccccc2)c2ccc(OC)cc2)cc1. The molecule has 2 N–H and O–H groups in total. The van der Waals surface area contributed by atoms with Gasteiger partial charge in [-0.15, -0.1) is 0 Å². The fourth-order valence-electron chi connectivity index (χ4n) is 5.92. The number of ether oxygens (including phenoxy) is 5. The Labute approximate surface area is 283 Å². The van der Waals surface area contributed by atoms with Gasteiger partial charge in [0.1, 0.15) is 47.0 Å². The van der Waals surface area contributed by atoms with Crippen molar-refractivity contribution in [2.45, 2.75) is 56.3 Å². The predicted octanol–water partition coefficient (Wildman–Crippen LogP) is 3.53. The number of aromatic amines is 1. The monoisotopic (exact) mass is 672 g/mol. The van der Waals surface area contributed by atoms with Crippen LogP contribution in [0.4, 0.5) is 0 Å². The largest absolute Gasteiger partial charge is 0.497 e. The summed E-state index contributed by atoms with van der Waals surface area (Å²) < 4.78 is 31.2. The average molecular weight is 673 g/mol. The van der Waals surface area contributed by atoms with Crippen LogP contribution in [-0.2, 0) is 29.4 Å². The van der Waals surface area contributed by atoms with Crippen molar-refractivity contribution < 1.29 is 38.4 Å². The number of methoxy groups -OCH3 is 2. The highest BCUT2D eigenvalue weighted by atomic mass is 16.6. The van der Waals surface area contributed by atoms with Crippen molar-refractivity contribution in [1.82, 2.24) is 9.55 Å². The van der Waals surface area contributed by atoms with Gasteiger partial charge in [0.05, 0.1) is 27.4 Å². The lowest BCUT2D eigenvalue weighted by Gasteiger charge is -2.37. The van der Waals surface area contributed by atoms with Crippen LogP contribution in [0.15, 0.2) is 101 Å². The molecule has 4 aromatic rings. The summed E-state index contributed by atoms with van der Waals surface area (Å²) in [5.41, 5.74) is -0.241. The normalized spacial score (nSPS) is 19.0. The lowest BCUT2D eigenvalue weighted by atomic mass is 9.80. The van der Waals surface area contributed by atoms with Crippen LogP contribution >= 0.6 is 0 Å². The van der Waals surface area contributed by atoms with Gasteiger partial charge in [0.15, 0.2) is 6.23 Å². The van der Waals surface area contributed by atoms with Crippen LogP contribution in [0.3, 0.4) is 0 Å². The number of nitrogens with one attached hydrogen (secondary N) is 1. The first-order chi connectivity index (χ1) is 23.7. The number of rotatable bonds is 16. The topological polar surface area (TPSA) is 155 Å². The van der Waals surface area contributed by atoms with Gasteiger partial charge < -0.3 is 33.6 Å². The van der Waals surface area contributed by atoms with Gasteiger partial charge in [0.25, 0.3) is 5.56 Å². The lowest BCUT2D eigenvalue weighted by molar-refractivity contribution is -0.125. The van der Waals surface area contributed by atoms with Crippen LogP contribution in [0.2, 0.25) is 0 Å². The zero-order chi connectivity index (χ0) is 35.0. The molecule has 0 spiro atoms. The molecule has 3 aromatic carbocycles. The van der Waals surface area contributed by atoms with E-state index in [0.717, 1.165) is 27.3 Å². The molecule has 49 heavy (non-hydrogen) atoms. The third-order valence-corrected chi connectivity index (χ3v) is 8.52. The molecule has 12 heteroatoms. The Morgan fingerprint density at radius 1 is 0.837 bits per heavy atom. The van der Waals surface area contributed by atoms with E-state index in [-0.39, 0.29) is 44.0 Å². The number of nitrogens with zero attached hydrogens (tertiary/aromatic N) is 1. The van der Waals surface area contributed by atoms with Gasteiger partial charge in [-0.2, -0.15) is 0 Å². The van der Waals surface area contributed by atoms with Crippen molar-refractivity contribution in [1.29, 1.82) is 0 Å². The van der Waals surface area contributed by atoms with Crippen LogP contribution < -0.4 is 20.7 Å². The standard InChI is InChI=1S/C37H40N2O10/c1-24(40)9-14-28(41)20-22-47-34-33(43)31(49-35(34)39-21-19-32(42)38-36(39)44)23-48-37(25-7-5-4-6-8-25,26-10-15-29(45-2)16-11-26)27-12-17-30(46-3)18-13-27/h4-8,10-13,15-19,21,31,33-35,43H,9,14,20,22-23H2,1-3H3,(H,38,42,44)/t31-,33-,34-,35-/m1/s1. The fraction of sp³-hybridized carbons (Fsp3) is 0.351. The summed E-state index contributed by atoms with van der Waals surface area (Å²) in [6.07, 6.45) is -3.11. The predicted molar refractivity (Wildman–Crippen MR) is 179 cm³/mol. The van der Waals surface area contributed by atoms with E-state index in [1.54, 1.807) is 14.2 Å². The second-order valence-electron chi connectivity index (χ2n) is 11.7. The first kappa shape index (κ1) is 35.4. The van der Waals surface area contributed by atoms with Crippen molar-refractivity contribution >= 4 is 11.6 Å². The van der Waals surface area contributed by atoms with Crippen LogP contribution in [0.25, 0.3) is 0 Å². The number of aliphatic hydroxyl groups is 1. The zero-order valence-corrected chi connectivity index (χ0v) is 27.6. The summed E-state index contributed by atoms with van der Waals surface area (Å²) in [6, 6.07) is 25.7. The molecule has 1 aliphatic heterocycles. The Morgan fingerprint density at radius 3 is 1.98 bits per heavy atom. The molecule has 1 aromatic heterocycles. The molecule has 12 nitrogen and oxygen atoms in total. The molecular weight excluding hydrogens is 632 g/mol. The third kappa shape index (κ3) is 8.06. The molecule has 0 radical (unpaired) electrons. The molecule has 0 aliphatic carbocycles. The summed E-state index contributed by atoms with van der Waals surface area (Å²) in [6.45, 7) is 1.16. The molecule has 5 rings (SSSR count). The van der Waals surface area contributed by atoms with Crippen LogP contribution in [-0.4, -0.2) is 72.0 Å². The van der Waals surface area contributed by atoms with E-state index in [2.05, 4.69) is 4.98 Å². The van der Waals surface area contributed by atoms with Gasteiger partial charge in [-0.05, 0) is 47.9 Å². The molecule has 0 unspecified atom stereocenters.